The Balaban J connectivity index is 1.99. The lowest BCUT2D eigenvalue weighted by Gasteiger charge is -2.17. The van der Waals surface area contributed by atoms with Crippen LogP contribution >= 0.6 is 0 Å². The maximum Gasteiger partial charge on any atom is 0.412 e. The summed E-state index contributed by atoms with van der Waals surface area (Å²) in [6, 6.07) is 13.7. The summed E-state index contributed by atoms with van der Waals surface area (Å²) < 4.78 is 10.4. The first-order chi connectivity index (χ1) is 12.7. The van der Waals surface area contributed by atoms with Crippen LogP contribution in [-0.4, -0.2) is 17.2 Å². The van der Waals surface area contributed by atoms with Crippen molar-refractivity contribution in [2.75, 3.05) is 5.32 Å². The Morgan fingerprint density at radius 1 is 1.04 bits per heavy atom. The average molecular weight is 371 g/mol. The second-order valence-corrected chi connectivity index (χ2v) is 7.38. The van der Waals surface area contributed by atoms with E-state index in [1.165, 1.54) is 18.2 Å². The van der Waals surface area contributed by atoms with Gasteiger partial charge < -0.3 is 14.6 Å². The van der Waals surface area contributed by atoms with Crippen LogP contribution in [0.2, 0.25) is 0 Å². The number of phenolic OH excluding ortho intramolecular Hbond substituents is 1. The van der Waals surface area contributed by atoms with Crippen molar-refractivity contribution in [3.05, 3.63) is 54.1 Å². The molecule has 1 amide bonds. The lowest BCUT2D eigenvalue weighted by Crippen LogP contribution is -2.17. The highest BCUT2D eigenvalue weighted by molar-refractivity contribution is 5.89. The molecule has 2 aromatic rings. The molecule has 0 aliphatic rings. The fourth-order valence-electron chi connectivity index (χ4n) is 2.24. The molecule has 27 heavy (non-hydrogen) atoms. The zero-order valence-electron chi connectivity index (χ0n) is 15.8. The van der Waals surface area contributed by atoms with Gasteiger partial charge in [0.1, 0.15) is 6.61 Å². The highest BCUT2D eigenvalue weighted by Crippen LogP contribution is 2.35. The summed E-state index contributed by atoms with van der Waals surface area (Å²) in [7, 11) is 0. The molecule has 0 unspecified atom stereocenters. The van der Waals surface area contributed by atoms with Crippen LogP contribution in [0.25, 0.3) is 0 Å². The van der Waals surface area contributed by atoms with Gasteiger partial charge in [-0.3, -0.25) is 10.1 Å². The first-order valence-electron chi connectivity index (χ1n) is 8.75. The van der Waals surface area contributed by atoms with Crippen molar-refractivity contribution in [3.8, 4) is 11.5 Å². The zero-order valence-corrected chi connectivity index (χ0v) is 15.8. The van der Waals surface area contributed by atoms with E-state index in [1.54, 1.807) is 0 Å². The number of anilines is 1. The summed E-state index contributed by atoms with van der Waals surface area (Å²) in [5.74, 6) is -0.805. The van der Waals surface area contributed by atoms with Crippen LogP contribution < -0.4 is 10.1 Å². The van der Waals surface area contributed by atoms with E-state index in [1.807, 2.05) is 51.1 Å². The highest BCUT2D eigenvalue weighted by Gasteiger charge is 2.18. The van der Waals surface area contributed by atoms with Crippen molar-refractivity contribution in [2.45, 2.75) is 40.2 Å². The second-order valence-electron chi connectivity index (χ2n) is 7.38. The van der Waals surface area contributed by atoms with Crippen molar-refractivity contribution in [2.24, 2.45) is 5.41 Å². The SMILES string of the molecule is CC(C)(C)CCC(=O)Oc1c(O)cccc1NC(=O)OCc1ccccc1. The van der Waals surface area contributed by atoms with E-state index in [0.29, 0.717) is 6.42 Å². The molecule has 6 heteroatoms. The Kier molecular flexibility index (Phi) is 6.82. The Hall–Kier alpha value is -3.02. The summed E-state index contributed by atoms with van der Waals surface area (Å²) in [5, 5.41) is 12.5. The predicted molar refractivity (Wildman–Crippen MR) is 103 cm³/mol. The van der Waals surface area contributed by atoms with E-state index in [0.717, 1.165) is 5.56 Å². The van der Waals surface area contributed by atoms with Crippen molar-refractivity contribution < 1.29 is 24.2 Å². The number of benzene rings is 2. The van der Waals surface area contributed by atoms with E-state index >= 15 is 0 Å². The third-order valence-electron chi connectivity index (χ3n) is 3.74. The lowest BCUT2D eigenvalue weighted by molar-refractivity contribution is -0.135. The topological polar surface area (TPSA) is 84.9 Å². The smallest absolute Gasteiger partial charge is 0.412 e. The lowest BCUT2D eigenvalue weighted by atomic mass is 9.91. The van der Waals surface area contributed by atoms with Crippen LogP contribution in [0.15, 0.2) is 48.5 Å². The van der Waals surface area contributed by atoms with Gasteiger partial charge in [-0.1, -0.05) is 57.2 Å². The molecule has 2 rings (SSSR count). The fourth-order valence-corrected chi connectivity index (χ4v) is 2.24. The number of phenols is 1. The number of esters is 1. The normalized spacial score (nSPS) is 10.9. The number of hydrogen-bond donors (Lipinski definition) is 2. The summed E-state index contributed by atoms with van der Waals surface area (Å²) in [4.78, 5) is 24.1. The number of nitrogens with one attached hydrogen (secondary N) is 1. The number of ether oxygens (including phenoxy) is 2. The molecule has 144 valence electrons. The third kappa shape index (κ3) is 7.01. The molecule has 0 atom stereocenters. The predicted octanol–water partition coefficient (Wildman–Crippen LogP) is 4.87. The molecule has 0 spiro atoms. The molecule has 0 radical (unpaired) electrons. The highest BCUT2D eigenvalue weighted by atomic mass is 16.6. The number of para-hydroxylation sites is 1. The molecule has 0 saturated carbocycles. The van der Waals surface area contributed by atoms with Crippen LogP contribution in [0.4, 0.5) is 10.5 Å². The average Bonchev–Trinajstić information content (AvgIpc) is 2.61. The monoisotopic (exact) mass is 371 g/mol. The van der Waals surface area contributed by atoms with Crippen LogP contribution in [-0.2, 0) is 16.1 Å². The third-order valence-corrected chi connectivity index (χ3v) is 3.74. The molecule has 2 aromatic carbocycles. The van der Waals surface area contributed by atoms with Crippen molar-refractivity contribution in [1.82, 2.24) is 0 Å². The van der Waals surface area contributed by atoms with Gasteiger partial charge in [0.05, 0.1) is 5.69 Å². The van der Waals surface area contributed by atoms with Crippen LogP contribution in [0, 0.1) is 5.41 Å². The van der Waals surface area contributed by atoms with Gasteiger partial charge >= 0.3 is 12.1 Å². The van der Waals surface area contributed by atoms with Gasteiger partial charge in [0.25, 0.3) is 0 Å². The van der Waals surface area contributed by atoms with E-state index in [2.05, 4.69) is 5.32 Å². The van der Waals surface area contributed by atoms with Crippen molar-refractivity contribution >= 4 is 17.7 Å². The molecule has 0 aromatic heterocycles. The summed E-state index contributed by atoms with van der Waals surface area (Å²) >= 11 is 0. The van der Waals surface area contributed by atoms with Gasteiger partial charge in [-0.2, -0.15) is 0 Å². The van der Waals surface area contributed by atoms with E-state index in [4.69, 9.17) is 9.47 Å². The summed E-state index contributed by atoms with van der Waals surface area (Å²) in [6.45, 7) is 6.17. The molecule has 0 aliphatic carbocycles. The fraction of sp³-hybridized carbons (Fsp3) is 0.333. The second kappa shape index (κ2) is 9.07. The van der Waals surface area contributed by atoms with Gasteiger partial charge in [-0.05, 0) is 29.5 Å². The minimum atomic E-state index is -0.712. The molecule has 0 bridgehead atoms. The van der Waals surface area contributed by atoms with E-state index < -0.39 is 12.1 Å². The van der Waals surface area contributed by atoms with Gasteiger partial charge in [-0.15, -0.1) is 0 Å². The molecule has 0 fully saturated rings. The number of amides is 1. The minimum absolute atomic E-state index is 0.0138. The van der Waals surface area contributed by atoms with Gasteiger partial charge in [0.15, 0.2) is 11.5 Å². The standard InChI is InChI=1S/C21H25NO5/c1-21(2,3)13-12-18(24)27-19-16(10-7-11-17(19)23)22-20(25)26-14-15-8-5-4-6-9-15/h4-11,23H,12-14H2,1-3H3,(H,22,25). The molecule has 6 nitrogen and oxygen atoms in total. The largest absolute Gasteiger partial charge is 0.504 e. The van der Waals surface area contributed by atoms with Gasteiger partial charge in [0, 0.05) is 6.42 Å². The van der Waals surface area contributed by atoms with Crippen LogP contribution in [0.1, 0.15) is 39.2 Å². The summed E-state index contributed by atoms with van der Waals surface area (Å²) in [6.07, 6.45) is 0.133. The molecule has 2 N–H and O–H groups in total. The minimum Gasteiger partial charge on any atom is -0.504 e. The van der Waals surface area contributed by atoms with Crippen LogP contribution in [0.5, 0.6) is 11.5 Å². The molecule has 0 aliphatic heterocycles. The molecule has 0 saturated heterocycles. The van der Waals surface area contributed by atoms with Gasteiger partial charge in [-0.25, -0.2) is 4.79 Å². The zero-order chi connectivity index (χ0) is 19.9. The number of hydrogen-bond acceptors (Lipinski definition) is 5. The summed E-state index contributed by atoms with van der Waals surface area (Å²) in [5.41, 5.74) is 0.995. The number of carbonyl (C=O) groups excluding carboxylic acids is 2. The van der Waals surface area contributed by atoms with Gasteiger partial charge in [0.2, 0.25) is 0 Å². The van der Waals surface area contributed by atoms with Crippen LogP contribution in [0.3, 0.4) is 0 Å². The maximum atomic E-state index is 12.1. The first-order valence-corrected chi connectivity index (χ1v) is 8.75. The number of rotatable bonds is 6. The maximum absolute atomic E-state index is 12.1. The quantitative estimate of drug-likeness (QED) is 0.559. The Labute approximate surface area is 159 Å². The Bertz CT molecular complexity index is 781. The van der Waals surface area contributed by atoms with E-state index in [9.17, 15) is 14.7 Å². The molecule has 0 heterocycles. The number of aromatic hydroxyl groups is 1. The number of carbonyl (C=O) groups is 2. The Morgan fingerprint density at radius 3 is 2.41 bits per heavy atom. The van der Waals surface area contributed by atoms with Crippen molar-refractivity contribution in [1.29, 1.82) is 0 Å². The van der Waals surface area contributed by atoms with Crippen molar-refractivity contribution in [3.63, 3.8) is 0 Å². The molecular formula is C21H25NO5. The first kappa shape index (κ1) is 20.3. The molecular weight excluding hydrogens is 346 g/mol. The van der Waals surface area contributed by atoms with E-state index in [-0.39, 0.29) is 35.6 Å². The Morgan fingerprint density at radius 2 is 1.74 bits per heavy atom.